The molecule has 3 nitrogen and oxygen atoms in total. The first kappa shape index (κ1) is 24.4. The molecular weight excluding hydrogens is 548 g/mol. The van der Waals surface area contributed by atoms with E-state index >= 15 is 0 Å². The Kier molecular flexibility index (Phi) is 5.00. The molecule has 45 heavy (non-hydrogen) atoms. The van der Waals surface area contributed by atoms with Gasteiger partial charge in [0.1, 0.15) is 0 Å². The molecule has 7 aromatic carbocycles. The predicted molar refractivity (Wildman–Crippen MR) is 188 cm³/mol. The smallest absolute Gasteiger partial charge is 0.215 e. The Morgan fingerprint density at radius 2 is 0.978 bits per heavy atom. The van der Waals surface area contributed by atoms with Crippen molar-refractivity contribution in [1.29, 1.82) is 0 Å². The Bertz CT molecular complexity index is 2740. The van der Waals surface area contributed by atoms with Gasteiger partial charge in [-0.25, -0.2) is 0 Å². The van der Waals surface area contributed by atoms with Crippen molar-refractivity contribution >= 4 is 65.6 Å². The molecule has 0 radical (unpaired) electrons. The van der Waals surface area contributed by atoms with Crippen LogP contribution in [0.4, 0.5) is 0 Å². The van der Waals surface area contributed by atoms with Gasteiger partial charge in [0.15, 0.2) is 0 Å². The van der Waals surface area contributed by atoms with Crippen molar-refractivity contribution in [2.45, 2.75) is 0 Å². The summed E-state index contributed by atoms with van der Waals surface area (Å²) in [6.07, 6.45) is 0. The number of nitrogens with zero attached hydrogens (tertiary/aromatic N) is 2. The van der Waals surface area contributed by atoms with Gasteiger partial charge in [0.05, 0.1) is 21.8 Å². The standard InChI is InChI=1S/C42H26N2O/c1-2-14-30(15-3-1)44-40-34-17-7-5-12-28(34)23-26-36(40)39-38-35-18-8-9-20-37(35)43(41(38)45-42(39)44)31-24-21-29(22-25-31)33-19-10-13-27-11-4-6-16-32(27)33/h1-26H. The summed E-state index contributed by atoms with van der Waals surface area (Å²) in [5.74, 6) is 0. The Morgan fingerprint density at radius 3 is 1.80 bits per heavy atom. The van der Waals surface area contributed by atoms with Crippen LogP contribution in [0.5, 0.6) is 0 Å². The van der Waals surface area contributed by atoms with Crippen LogP contribution < -0.4 is 0 Å². The van der Waals surface area contributed by atoms with Crippen molar-refractivity contribution in [3.05, 3.63) is 158 Å². The molecule has 0 bridgehead atoms. The summed E-state index contributed by atoms with van der Waals surface area (Å²) in [7, 11) is 0. The minimum absolute atomic E-state index is 0.860. The summed E-state index contributed by atoms with van der Waals surface area (Å²) < 4.78 is 11.6. The first-order chi connectivity index (χ1) is 22.3. The van der Waals surface area contributed by atoms with Crippen LogP contribution in [-0.4, -0.2) is 9.13 Å². The van der Waals surface area contributed by atoms with Gasteiger partial charge in [0, 0.05) is 27.5 Å². The minimum atomic E-state index is 0.860. The number of para-hydroxylation sites is 2. The largest absolute Gasteiger partial charge is 0.422 e. The average molecular weight is 575 g/mol. The van der Waals surface area contributed by atoms with Crippen LogP contribution in [-0.2, 0) is 0 Å². The molecule has 0 fully saturated rings. The molecular formula is C42H26N2O. The number of hydrogen-bond donors (Lipinski definition) is 0. The maximum Gasteiger partial charge on any atom is 0.215 e. The highest BCUT2D eigenvalue weighted by Crippen LogP contribution is 2.46. The summed E-state index contributed by atoms with van der Waals surface area (Å²) >= 11 is 0. The van der Waals surface area contributed by atoms with Gasteiger partial charge in [0.2, 0.25) is 11.4 Å². The fourth-order valence-electron chi connectivity index (χ4n) is 7.36. The summed E-state index contributed by atoms with van der Waals surface area (Å²) in [6.45, 7) is 0. The number of furan rings is 1. The van der Waals surface area contributed by atoms with Crippen LogP contribution in [0.3, 0.4) is 0 Å². The van der Waals surface area contributed by atoms with E-state index in [9.17, 15) is 0 Å². The molecule has 0 aliphatic heterocycles. The van der Waals surface area contributed by atoms with Gasteiger partial charge in [-0.1, -0.05) is 127 Å². The first-order valence-corrected chi connectivity index (χ1v) is 15.4. The molecule has 0 N–H and O–H groups in total. The van der Waals surface area contributed by atoms with Crippen LogP contribution in [0.15, 0.2) is 162 Å². The number of aromatic nitrogens is 2. The van der Waals surface area contributed by atoms with E-state index in [1.165, 1.54) is 49.0 Å². The van der Waals surface area contributed by atoms with Crippen LogP contribution in [0.25, 0.3) is 88.1 Å². The second-order valence-electron chi connectivity index (χ2n) is 11.7. The first-order valence-electron chi connectivity index (χ1n) is 15.4. The SMILES string of the molecule is c1ccc(-n2c3oc4c(c5ccccc5n4-c4ccc(-c5cccc6ccccc56)cc4)c3c3ccc4ccccc4c32)cc1. The molecule has 0 saturated carbocycles. The molecule has 0 saturated heterocycles. The highest BCUT2D eigenvalue weighted by molar-refractivity contribution is 6.30. The highest BCUT2D eigenvalue weighted by Gasteiger charge is 2.26. The topological polar surface area (TPSA) is 23.0 Å². The van der Waals surface area contributed by atoms with E-state index < -0.39 is 0 Å². The third-order valence-corrected chi connectivity index (χ3v) is 9.33. The van der Waals surface area contributed by atoms with Gasteiger partial charge in [-0.05, 0) is 57.6 Å². The molecule has 210 valence electrons. The molecule has 10 aromatic rings. The lowest BCUT2D eigenvalue weighted by atomic mass is 9.98. The molecule has 0 unspecified atom stereocenters. The van der Waals surface area contributed by atoms with Gasteiger partial charge in [0.25, 0.3) is 0 Å². The Labute approximate surface area is 258 Å². The summed E-state index contributed by atoms with van der Waals surface area (Å²) in [4.78, 5) is 0. The molecule has 0 atom stereocenters. The monoisotopic (exact) mass is 574 g/mol. The van der Waals surface area contributed by atoms with Crippen molar-refractivity contribution in [2.24, 2.45) is 0 Å². The average Bonchev–Trinajstić information content (AvgIpc) is 3.74. The van der Waals surface area contributed by atoms with Crippen LogP contribution in [0.1, 0.15) is 0 Å². The Hall–Kier alpha value is -6.06. The van der Waals surface area contributed by atoms with Gasteiger partial charge in [-0.3, -0.25) is 9.13 Å². The zero-order chi connectivity index (χ0) is 29.5. The third kappa shape index (κ3) is 3.41. The zero-order valence-corrected chi connectivity index (χ0v) is 24.3. The molecule has 3 aromatic heterocycles. The van der Waals surface area contributed by atoms with Crippen molar-refractivity contribution in [3.8, 4) is 22.5 Å². The molecule has 10 rings (SSSR count). The fourth-order valence-corrected chi connectivity index (χ4v) is 7.36. The molecule has 0 spiro atoms. The summed E-state index contributed by atoms with van der Waals surface area (Å²) in [6, 6.07) is 56.3. The van der Waals surface area contributed by atoms with Crippen molar-refractivity contribution in [3.63, 3.8) is 0 Å². The van der Waals surface area contributed by atoms with Gasteiger partial charge in [-0.2, -0.15) is 0 Å². The van der Waals surface area contributed by atoms with Crippen LogP contribution in [0, 0.1) is 0 Å². The van der Waals surface area contributed by atoms with E-state index in [0.29, 0.717) is 0 Å². The van der Waals surface area contributed by atoms with Crippen LogP contribution >= 0.6 is 0 Å². The van der Waals surface area contributed by atoms with E-state index in [-0.39, 0.29) is 0 Å². The normalized spacial score (nSPS) is 12.0. The molecule has 0 aliphatic rings. The predicted octanol–water partition coefficient (Wildman–Crippen LogP) is 11.4. The number of rotatable bonds is 3. The number of hydrogen-bond acceptors (Lipinski definition) is 1. The third-order valence-electron chi connectivity index (χ3n) is 9.33. The van der Waals surface area contributed by atoms with E-state index in [4.69, 9.17) is 4.42 Å². The fraction of sp³-hybridized carbons (Fsp3) is 0. The summed E-state index contributed by atoms with van der Waals surface area (Å²) in [5, 5.41) is 9.61. The van der Waals surface area contributed by atoms with E-state index in [0.717, 1.165) is 39.1 Å². The lowest BCUT2D eigenvalue weighted by Crippen LogP contribution is -1.95. The van der Waals surface area contributed by atoms with E-state index in [1.54, 1.807) is 0 Å². The Morgan fingerprint density at radius 1 is 0.378 bits per heavy atom. The van der Waals surface area contributed by atoms with Crippen molar-refractivity contribution in [1.82, 2.24) is 9.13 Å². The van der Waals surface area contributed by atoms with Gasteiger partial charge in [-0.15, -0.1) is 0 Å². The summed E-state index contributed by atoms with van der Waals surface area (Å²) in [5.41, 5.74) is 8.62. The maximum absolute atomic E-state index is 7.04. The second kappa shape index (κ2) is 9.22. The lowest BCUT2D eigenvalue weighted by Gasteiger charge is -2.10. The van der Waals surface area contributed by atoms with Crippen molar-refractivity contribution in [2.75, 3.05) is 0 Å². The van der Waals surface area contributed by atoms with Gasteiger partial charge >= 0.3 is 0 Å². The molecule has 3 heteroatoms. The maximum atomic E-state index is 7.04. The zero-order valence-electron chi connectivity index (χ0n) is 24.3. The highest BCUT2D eigenvalue weighted by atomic mass is 16.4. The van der Waals surface area contributed by atoms with Crippen molar-refractivity contribution < 1.29 is 4.42 Å². The van der Waals surface area contributed by atoms with Gasteiger partial charge < -0.3 is 4.42 Å². The number of fused-ring (bicyclic) bond motifs is 10. The quantitative estimate of drug-likeness (QED) is 0.206. The lowest BCUT2D eigenvalue weighted by molar-refractivity contribution is 0.624. The second-order valence-corrected chi connectivity index (χ2v) is 11.7. The van der Waals surface area contributed by atoms with Crippen LogP contribution in [0.2, 0.25) is 0 Å². The Balaban J connectivity index is 1.28. The minimum Gasteiger partial charge on any atom is -0.422 e. The molecule has 3 heterocycles. The van der Waals surface area contributed by atoms with E-state index in [1.807, 2.05) is 0 Å². The molecule has 0 amide bonds. The molecule has 0 aliphatic carbocycles. The van der Waals surface area contributed by atoms with E-state index in [2.05, 4.69) is 167 Å². The number of benzene rings is 7.